The van der Waals surface area contributed by atoms with Crippen LogP contribution in [0.15, 0.2) is 40.9 Å². The van der Waals surface area contributed by atoms with Gasteiger partial charge in [-0.3, -0.25) is 0 Å². The Morgan fingerprint density at radius 3 is 2.50 bits per heavy atom. The van der Waals surface area contributed by atoms with Crippen LogP contribution in [-0.2, 0) is 12.8 Å². The largest absolute Gasteiger partial charge is 0.392 e. The SMILES string of the molecule is Cc1ccc(C)c(CC(O)Cc2cc(Br)ccc2F)c1. The molecule has 2 aromatic rings. The maximum absolute atomic E-state index is 13.7. The second-order valence-corrected chi connectivity index (χ2v) is 6.14. The molecule has 0 heterocycles. The van der Waals surface area contributed by atoms with Gasteiger partial charge in [-0.1, -0.05) is 39.7 Å². The van der Waals surface area contributed by atoms with Gasteiger partial charge in [0.05, 0.1) is 6.10 Å². The average Bonchev–Trinajstić information content (AvgIpc) is 2.38. The third kappa shape index (κ3) is 3.90. The van der Waals surface area contributed by atoms with Crippen molar-refractivity contribution in [1.82, 2.24) is 0 Å². The van der Waals surface area contributed by atoms with E-state index in [1.165, 1.54) is 11.6 Å². The Balaban J connectivity index is 2.10. The van der Waals surface area contributed by atoms with E-state index < -0.39 is 6.10 Å². The molecule has 1 atom stereocenters. The summed E-state index contributed by atoms with van der Waals surface area (Å²) in [6, 6.07) is 11.0. The van der Waals surface area contributed by atoms with Crippen molar-refractivity contribution in [1.29, 1.82) is 0 Å². The lowest BCUT2D eigenvalue weighted by molar-refractivity contribution is 0.174. The highest BCUT2D eigenvalue weighted by atomic mass is 79.9. The quantitative estimate of drug-likeness (QED) is 0.879. The third-order valence-corrected chi connectivity index (χ3v) is 3.92. The van der Waals surface area contributed by atoms with Gasteiger partial charge in [0.2, 0.25) is 0 Å². The van der Waals surface area contributed by atoms with Crippen molar-refractivity contribution in [2.75, 3.05) is 0 Å². The molecule has 0 saturated heterocycles. The van der Waals surface area contributed by atoms with Gasteiger partial charge in [-0.2, -0.15) is 0 Å². The van der Waals surface area contributed by atoms with Crippen LogP contribution >= 0.6 is 15.9 Å². The molecule has 3 heteroatoms. The first kappa shape index (κ1) is 15.2. The number of hydrogen-bond acceptors (Lipinski definition) is 1. The van der Waals surface area contributed by atoms with Gasteiger partial charge in [0, 0.05) is 10.9 Å². The molecule has 0 aliphatic carbocycles. The van der Waals surface area contributed by atoms with Gasteiger partial charge in [-0.05, 0) is 55.2 Å². The molecule has 2 aromatic carbocycles. The molecule has 106 valence electrons. The summed E-state index contributed by atoms with van der Waals surface area (Å²) >= 11 is 3.33. The molecular formula is C17H18BrFO. The minimum absolute atomic E-state index is 0.270. The second kappa shape index (κ2) is 6.51. The van der Waals surface area contributed by atoms with E-state index in [4.69, 9.17) is 0 Å². The Bertz CT molecular complexity index is 556. The van der Waals surface area contributed by atoms with Crippen LogP contribution in [0, 0.1) is 19.7 Å². The second-order valence-electron chi connectivity index (χ2n) is 5.23. The van der Waals surface area contributed by atoms with E-state index >= 15 is 0 Å². The molecule has 0 saturated carbocycles. The van der Waals surface area contributed by atoms with Crippen molar-refractivity contribution < 1.29 is 9.50 Å². The third-order valence-electron chi connectivity index (χ3n) is 3.42. The number of halogens is 2. The summed E-state index contributed by atoms with van der Waals surface area (Å²) in [5.41, 5.74) is 3.99. The fourth-order valence-electron chi connectivity index (χ4n) is 2.30. The van der Waals surface area contributed by atoms with E-state index in [2.05, 4.69) is 34.1 Å². The molecule has 0 radical (unpaired) electrons. The van der Waals surface area contributed by atoms with Crippen LogP contribution in [0.5, 0.6) is 0 Å². The van der Waals surface area contributed by atoms with E-state index in [1.54, 1.807) is 12.1 Å². The highest BCUT2D eigenvalue weighted by Crippen LogP contribution is 2.19. The Morgan fingerprint density at radius 1 is 1.05 bits per heavy atom. The van der Waals surface area contributed by atoms with Gasteiger partial charge in [0.25, 0.3) is 0 Å². The normalized spacial score (nSPS) is 12.4. The fourth-order valence-corrected chi connectivity index (χ4v) is 2.71. The standard InChI is InChI=1S/C17H18BrFO/c1-11-3-4-12(2)13(7-11)9-16(20)10-14-8-15(18)5-6-17(14)19/h3-8,16,20H,9-10H2,1-2H3. The summed E-state index contributed by atoms with van der Waals surface area (Å²) in [6.45, 7) is 4.06. The lowest BCUT2D eigenvalue weighted by atomic mass is 9.97. The summed E-state index contributed by atoms with van der Waals surface area (Å²) in [5.74, 6) is -0.270. The van der Waals surface area contributed by atoms with Crippen molar-refractivity contribution in [3.63, 3.8) is 0 Å². The molecule has 0 aliphatic rings. The maximum atomic E-state index is 13.7. The zero-order chi connectivity index (χ0) is 14.7. The van der Waals surface area contributed by atoms with Crippen molar-refractivity contribution in [2.24, 2.45) is 0 Å². The highest BCUT2D eigenvalue weighted by Gasteiger charge is 2.12. The molecule has 0 aliphatic heterocycles. The first-order valence-corrected chi connectivity index (χ1v) is 7.43. The van der Waals surface area contributed by atoms with Crippen LogP contribution in [0.2, 0.25) is 0 Å². The molecule has 20 heavy (non-hydrogen) atoms. The molecule has 0 spiro atoms. The van der Waals surface area contributed by atoms with E-state index in [0.29, 0.717) is 18.4 Å². The lowest BCUT2D eigenvalue weighted by Gasteiger charge is -2.14. The molecule has 0 amide bonds. The molecule has 1 nitrogen and oxygen atoms in total. The van der Waals surface area contributed by atoms with Gasteiger partial charge in [-0.15, -0.1) is 0 Å². The van der Waals surface area contributed by atoms with Crippen molar-refractivity contribution in [3.05, 3.63) is 68.9 Å². The zero-order valence-corrected chi connectivity index (χ0v) is 13.2. The number of benzene rings is 2. The van der Waals surface area contributed by atoms with Crippen LogP contribution < -0.4 is 0 Å². The Hall–Kier alpha value is -1.19. The van der Waals surface area contributed by atoms with Gasteiger partial charge in [0.15, 0.2) is 0 Å². The zero-order valence-electron chi connectivity index (χ0n) is 11.7. The Labute approximate surface area is 127 Å². The van der Waals surface area contributed by atoms with Crippen LogP contribution in [0.1, 0.15) is 22.3 Å². The van der Waals surface area contributed by atoms with Crippen molar-refractivity contribution >= 4 is 15.9 Å². The van der Waals surface area contributed by atoms with E-state index in [1.807, 2.05) is 13.8 Å². The summed E-state index contributed by atoms with van der Waals surface area (Å²) in [7, 11) is 0. The fraction of sp³-hybridized carbons (Fsp3) is 0.294. The Morgan fingerprint density at radius 2 is 1.75 bits per heavy atom. The first-order chi connectivity index (χ1) is 9.45. The summed E-state index contributed by atoms with van der Waals surface area (Å²) in [4.78, 5) is 0. The topological polar surface area (TPSA) is 20.2 Å². The number of hydrogen-bond donors (Lipinski definition) is 1. The van der Waals surface area contributed by atoms with Gasteiger partial charge < -0.3 is 5.11 Å². The van der Waals surface area contributed by atoms with Gasteiger partial charge in [-0.25, -0.2) is 4.39 Å². The highest BCUT2D eigenvalue weighted by molar-refractivity contribution is 9.10. The maximum Gasteiger partial charge on any atom is 0.126 e. The van der Waals surface area contributed by atoms with E-state index in [9.17, 15) is 9.50 Å². The molecule has 0 aromatic heterocycles. The van der Waals surface area contributed by atoms with Gasteiger partial charge in [0.1, 0.15) is 5.82 Å². The smallest absolute Gasteiger partial charge is 0.126 e. The number of aryl methyl sites for hydroxylation is 2. The number of aliphatic hydroxyl groups excluding tert-OH is 1. The monoisotopic (exact) mass is 336 g/mol. The van der Waals surface area contributed by atoms with E-state index in [-0.39, 0.29) is 5.82 Å². The Kier molecular flexibility index (Phi) is 4.95. The van der Waals surface area contributed by atoms with Crippen molar-refractivity contribution in [2.45, 2.75) is 32.8 Å². The molecule has 2 rings (SSSR count). The predicted octanol–water partition coefficient (Wildman–Crippen LogP) is 4.35. The average molecular weight is 337 g/mol. The molecule has 1 N–H and O–H groups in total. The minimum atomic E-state index is -0.584. The van der Waals surface area contributed by atoms with Crippen molar-refractivity contribution in [3.8, 4) is 0 Å². The molecule has 1 unspecified atom stereocenters. The number of rotatable bonds is 4. The number of aliphatic hydroxyl groups is 1. The molecular weight excluding hydrogens is 319 g/mol. The predicted molar refractivity (Wildman–Crippen MR) is 83.4 cm³/mol. The van der Waals surface area contributed by atoms with Crippen LogP contribution in [0.4, 0.5) is 4.39 Å². The lowest BCUT2D eigenvalue weighted by Crippen LogP contribution is -2.15. The molecule has 0 bridgehead atoms. The minimum Gasteiger partial charge on any atom is -0.392 e. The molecule has 0 fully saturated rings. The van der Waals surface area contributed by atoms with Gasteiger partial charge >= 0.3 is 0 Å². The van der Waals surface area contributed by atoms with Crippen LogP contribution in [0.25, 0.3) is 0 Å². The van der Waals surface area contributed by atoms with E-state index in [0.717, 1.165) is 15.6 Å². The van der Waals surface area contributed by atoms with Crippen LogP contribution in [0.3, 0.4) is 0 Å². The van der Waals surface area contributed by atoms with Crippen LogP contribution in [-0.4, -0.2) is 11.2 Å². The summed E-state index contributed by atoms with van der Waals surface area (Å²) in [6.07, 6.45) is 0.275. The summed E-state index contributed by atoms with van der Waals surface area (Å²) in [5, 5.41) is 10.2. The summed E-state index contributed by atoms with van der Waals surface area (Å²) < 4.78 is 14.5. The first-order valence-electron chi connectivity index (χ1n) is 6.64.